The molecule has 0 aromatic rings. The second-order valence-electron chi connectivity index (χ2n) is 5.34. The highest BCUT2D eigenvalue weighted by molar-refractivity contribution is 5.89. The molecule has 136 valence electrons. The highest BCUT2D eigenvalue weighted by Gasteiger charge is 2.03. The van der Waals surface area contributed by atoms with Crippen molar-refractivity contribution >= 4 is 23.8 Å². The number of carboxylic acids is 2. The Morgan fingerprint density at radius 1 is 0.750 bits per heavy atom. The van der Waals surface area contributed by atoms with Crippen LogP contribution in [0.2, 0.25) is 0 Å². The highest BCUT2D eigenvalue weighted by atomic mass is 16.4. The summed E-state index contributed by atoms with van der Waals surface area (Å²) >= 11 is 0. The maximum absolute atomic E-state index is 11.2. The predicted molar refractivity (Wildman–Crippen MR) is 87.4 cm³/mol. The molecule has 0 saturated carbocycles. The number of aliphatic carboxylic acids is 2. The monoisotopic (exact) mass is 342 g/mol. The van der Waals surface area contributed by atoms with Gasteiger partial charge >= 0.3 is 11.9 Å². The minimum absolute atomic E-state index is 0.233. The summed E-state index contributed by atoms with van der Waals surface area (Å²) in [5, 5.41) is 21.4. The van der Waals surface area contributed by atoms with Gasteiger partial charge in [0.1, 0.15) is 13.1 Å². The fraction of sp³-hybridized carbons (Fsp3) is 0.625. The molecule has 0 aliphatic carbocycles. The van der Waals surface area contributed by atoms with E-state index in [-0.39, 0.29) is 19.0 Å². The molecule has 0 unspecified atom stereocenters. The number of hydrogen-bond donors (Lipinski definition) is 4. The molecule has 24 heavy (non-hydrogen) atoms. The molecule has 0 aliphatic heterocycles. The fourth-order valence-electron chi connectivity index (χ4n) is 1.93. The number of carbonyl (C=O) groups is 4. The second kappa shape index (κ2) is 14.2. The Bertz CT molecular complexity index is 448. The van der Waals surface area contributed by atoms with Crippen molar-refractivity contribution in [2.45, 2.75) is 51.4 Å². The van der Waals surface area contributed by atoms with E-state index in [9.17, 15) is 19.2 Å². The Kier molecular flexibility index (Phi) is 12.8. The van der Waals surface area contributed by atoms with Gasteiger partial charge in [-0.3, -0.25) is 19.2 Å². The van der Waals surface area contributed by atoms with Crippen molar-refractivity contribution in [3.8, 4) is 0 Å². The van der Waals surface area contributed by atoms with E-state index in [1.165, 1.54) is 6.08 Å². The molecule has 8 heteroatoms. The Balaban J connectivity index is 3.39. The molecule has 0 rings (SSSR count). The summed E-state index contributed by atoms with van der Waals surface area (Å²) in [6, 6.07) is 0. The van der Waals surface area contributed by atoms with Crippen LogP contribution in [0.5, 0.6) is 0 Å². The normalized spacial score (nSPS) is 10.5. The Morgan fingerprint density at radius 2 is 1.29 bits per heavy atom. The smallest absolute Gasteiger partial charge is 0.322 e. The van der Waals surface area contributed by atoms with Gasteiger partial charge in [0.15, 0.2) is 0 Å². The topological polar surface area (TPSA) is 133 Å². The van der Waals surface area contributed by atoms with E-state index in [4.69, 9.17) is 10.2 Å². The number of allylic oxidation sites excluding steroid dienone is 1. The Hall–Kier alpha value is -2.38. The Morgan fingerprint density at radius 3 is 1.92 bits per heavy atom. The summed E-state index contributed by atoms with van der Waals surface area (Å²) in [6.07, 6.45) is 9.87. The van der Waals surface area contributed by atoms with E-state index in [1.54, 1.807) is 6.08 Å². The fourth-order valence-corrected chi connectivity index (χ4v) is 1.93. The zero-order valence-electron chi connectivity index (χ0n) is 13.8. The van der Waals surface area contributed by atoms with Gasteiger partial charge in [0.25, 0.3) is 0 Å². The molecule has 0 bridgehead atoms. The number of amides is 2. The standard InChI is InChI=1S/C16H26N2O6/c19-13(17-11-15(21)22)9-7-5-3-1-2-4-6-8-10-14(20)18-12-16(23)24/h7,9H,1-6,8,10-12H2,(H,17,19)(H,18,20)(H,21,22)(H,23,24). The van der Waals surface area contributed by atoms with Crippen LogP contribution in [-0.2, 0) is 19.2 Å². The van der Waals surface area contributed by atoms with Crippen LogP contribution >= 0.6 is 0 Å². The van der Waals surface area contributed by atoms with Crippen molar-refractivity contribution < 1.29 is 29.4 Å². The quantitative estimate of drug-likeness (QED) is 0.276. The van der Waals surface area contributed by atoms with Crippen LogP contribution in [0.3, 0.4) is 0 Å². The molecule has 0 spiro atoms. The molecule has 8 nitrogen and oxygen atoms in total. The predicted octanol–water partition coefficient (Wildman–Crippen LogP) is 1.06. The molecule has 0 aromatic heterocycles. The first-order valence-electron chi connectivity index (χ1n) is 8.06. The van der Waals surface area contributed by atoms with Gasteiger partial charge in [0, 0.05) is 6.42 Å². The molecule has 0 heterocycles. The summed E-state index contributed by atoms with van der Waals surface area (Å²) in [5.41, 5.74) is 0. The van der Waals surface area contributed by atoms with Crippen LogP contribution in [0.15, 0.2) is 12.2 Å². The molecule has 0 aromatic carbocycles. The number of hydrogen-bond acceptors (Lipinski definition) is 4. The number of unbranched alkanes of at least 4 members (excludes halogenated alkanes) is 6. The van der Waals surface area contributed by atoms with Crippen LogP contribution in [0.1, 0.15) is 51.4 Å². The summed E-state index contributed by atoms with van der Waals surface area (Å²) in [5.74, 6) is -2.75. The van der Waals surface area contributed by atoms with E-state index in [0.29, 0.717) is 6.42 Å². The molecule has 0 saturated heterocycles. The number of carbonyl (C=O) groups excluding carboxylic acids is 2. The van der Waals surface area contributed by atoms with E-state index in [1.807, 2.05) is 0 Å². The molecule has 0 fully saturated rings. The van der Waals surface area contributed by atoms with E-state index < -0.39 is 17.8 Å². The summed E-state index contributed by atoms with van der Waals surface area (Å²) < 4.78 is 0. The largest absolute Gasteiger partial charge is 0.480 e. The van der Waals surface area contributed by atoms with Gasteiger partial charge in [0.05, 0.1) is 0 Å². The minimum Gasteiger partial charge on any atom is -0.480 e. The van der Waals surface area contributed by atoms with E-state index in [2.05, 4.69) is 10.6 Å². The van der Waals surface area contributed by atoms with Crippen molar-refractivity contribution in [2.24, 2.45) is 0 Å². The van der Waals surface area contributed by atoms with Crippen molar-refractivity contribution in [2.75, 3.05) is 13.1 Å². The van der Waals surface area contributed by atoms with Crippen LogP contribution in [0, 0.1) is 0 Å². The lowest BCUT2D eigenvalue weighted by atomic mass is 10.1. The van der Waals surface area contributed by atoms with Gasteiger partial charge < -0.3 is 20.8 Å². The van der Waals surface area contributed by atoms with Crippen LogP contribution in [-0.4, -0.2) is 47.1 Å². The van der Waals surface area contributed by atoms with Crippen LogP contribution in [0.25, 0.3) is 0 Å². The lowest BCUT2D eigenvalue weighted by molar-refractivity contribution is -0.138. The van der Waals surface area contributed by atoms with Gasteiger partial charge in [-0.05, 0) is 25.3 Å². The minimum atomic E-state index is -1.07. The third kappa shape index (κ3) is 16.0. The lowest BCUT2D eigenvalue weighted by Crippen LogP contribution is -2.28. The summed E-state index contributed by atoms with van der Waals surface area (Å²) in [4.78, 5) is 42.9. The van der Waals surface area contributed by atoms with Crippen molar-refractivity contribution in [3.63, 3.8) is 0 Å². The second-order valence-corrected chi connectivity index (χ2v) is 5.34. The van der Waals surface area contributed by atoms with E-state index in [0.717, 1.165) is 44.9 Å². The van der Waals surface area contributed by atoms with Gasteiger partial charge in [-0.2, -0.15) is 0 Å². The maximum Gasteiger partial charge on any atom is 0.322 e. The molecular formula is C16H26N2O6. The molecule has 2 amide bonds. The first-order valence-corrected chi connectivity index (χ1v) is 8.06. The third-order valence-corrected chi connectivity index (χ3v) is 3.14. The number of rotatable bonds is 14. The molecule has 0 aliphatic rings. The van der Waals surface area contributed by atoms with Crippen LogP contribution < -0.4 is 10.6 Å². The van der Waals surface area contributed by atoms with Gasteiger partial charge in [-0.15, -0.1) is 0 Å². The maximum atomic E-state index is 11.2. The van der Waals surface area contributed by atoms with E-state index >= 15 is 0 Å². The van der Waals surface area contributed by atoms with Gasteiger partial charge in [0.2, 0.25) is 11.8 Å². The zero-order chi connectivity index (χ0) is 18.2. The summed E-state index contributed by atoms with van der Waals surface area (Å²) in [7, 11) is 0. The highest BCUT2D eigenvalue weighted by Crippen LogP contribution is 2.08. The van der Waals surface area contributed by atoms with Crippen molar-refractivity contribution in [1.29, 1.82) is 0 Å². The van der Waals surface area contributed by atoms with Crippen LogP contribution in [0.4, 0.5) is 0 Å². The lowest BCUT2D eigenvalue weighted by Gasteiger charge is -2.02. The molecular weight excluding hydrogens is 316 g/mol. The first kappa shape index (κ1) is 21.6. The average Bonchev–Trinajstić information content (AvgIpc) is 2.52. The summed E-state index contributed by atoms with van der Waals surface area (Å²) in [6.45, 7) is -0.710. The van der Waals surface area contributed by atoms with Gasteiger partial charge in [-0.1, -0.05) is 31.8 Å². The molecule has 0 radical (unpaired) electrons. The Labute approximate surface area is 141 Å². The third-order valence-electron chi connectivity index (χ3n) is 3.14. The van der Waals surface area contributed by atoms with Crippen molar-refractivity contribution in [1.82, 2.24) is 10.6 Å². The zero-order valence-corrected chi connectivity index (χ0v) is 13.8. The SMILES string of the molecule is O=C(O)CNC(=O)C=CCCCCCCCCC(=O)NCC(=O)O. The number of carboxylic acid groups (broad SMARTS) is 2. The molecule has 0 atom stereocenters. The first-order chi connectivity index (χ1) is 11.4. The van der Waals surface area contributed by atoms with Gasteiger partial charge in [-0.25, -0.2) is 0 Å². The molecule has 4 N–H and O–H groups in total. The average molecular weight is 342 g/mol. The van der Waals surface area contributed by atoms with Crippen molar-refractivity contribution in [3.05, 3.63) is 12.2 Å². The number of nitrogens with one attached hydrogen (secondary N) is 2.